The summed E-state index contributed by atoms with van der Waals surface area (Å²) in [5.74, 6) is 0. The molecule has 34 heavy (non-hydrogen) atoms. The normalized spacial score (nSPS) is 12.9. The summed E-state index contributed by atoms with van der Waals surface area (Å²) in [5, 5.41) is 0. The predicted molar refractivity (Wildman–Crippen MR) is 141 cm³/mol. The molecule has 2 N–H and O–H groups in total. The number of hydrogen-bond donors (Lipinski definition) is 2. The summed E-state index contributed by atoms with van der Waals surface area (Å²) in [6.45, 7) is 8.49. The van der Waals surface area contributed by atoms with Crippen LogP contribution in [0.1, 0.15) is 49.9 Å². The van der Waals surface area contributed by atoms with Crippen molar-refractivity contribution in [2.75, 3.05) is 22.0 Å². The van der Waals surface area contributed by atoms with Crippen LogP contribution in [0.2, 0.25) is 0 Å². The van der Waals surface area contributed by atoms with Crippen molar-refractivity contribution in [2.45, 2.75) is 38.5 Å². The molecule has 3 rings (SSSR count). The molecular formula is C26H32N2O4S2. The number of benzene rings is 3. The highest BCUT2D eigenvalue weighted by molar-refractivity contribution is 7.92. The minimum absolute atomic E-state index is 0.286. The zero-order valence-electron chi connectivity index (χ0n) is 20.4. The third-order valence-electron chi connectivity index (χ3n) is 6.13. The molecule has 0 aliphatic carbocycles. The standard InChI is InChI=1S/C26H32N2O4S2/c1-25(2,21-14-16-23(17-15-21)27-33(5,29)30)19-10-12-20(13-11-19)26(3,4)22-8-7-9-24(18-22)28-34(6,31)32/h7-18,27-28H,1-6H3. The first-order valence-electron chi connectivity index (χ1n) is 10.9. The lowest BCUT2D eigenvalue weighted by molar-refractivity contribution is 0.605. The van der Waals surface area contributed by atoms with E-state index in [1.807, 2.05) is 30.3 Å². The summed E-state index contributed by atoms with van der Waals surface area (Å²) < 4.78 is 51.2. The summed E-state index contributed by atoms with van der Waals surface area (Å²) in [7, 11) is -6.66. The average Bonchev–Trinajstić information content (AvgIpc) is 2.72. The minimum atomic E-state index is -3.35. The average molecular weight is 501 g/mol. The lowest BCUT2D eigenvalue weighted by Gasteiger charge is -2.30. The molecular weight excluding hydrogens is 468 g/mol. The number of rotatable bonds is 8. The smallest absolute Gasteiger partial charge is 0.229 e. The molecule has 3 aromatic rings. The van der Waals surface area contributed by atoms with Crippen LogP contribution >= 0.6 is 0 Å². The predicted octanol–water partition coefficient (Wildman–Crippen LogP) is 5.08. The molecule has 0 saturated heterocycles. The van der Waals surface area contributed by atoms with E-state index in [1.54, 1.807) is 18.2 Å². The van der Waals surface area contributed by atoms with Gasteiger partial charge in [-0.3, -0.25) is 9.44 Å². The molecule has 0 saturated carbocycles. The molecule has 0 spiro atoms. The highest BCUT2D eigenvalue weighted by Crippen LogP contribution is 2.36. The van der Waals surface area contributed by atoms with Crippen LogP contribution in [0.3, 0.4) is 0 Å². The van der Waals surface area contributed by atoms with E-state index in [0.717, 1.165) is 34.8 Å². The first kappa shape index (κ1) is 25.8. The van der Waals surface area contributed by atoms with Gasteiger partial charge in [0.25, 0.3) is 0 Å². The van der Waals surface area contributed by atoms with Crippen molar-refractivity contribution in [1.82, 2.24) is 0 Å². The van der Waals surface area contributed by atoms with E-state index < -0.39 is 20.0 Å². The molecule has 8 heteroatoms. The zero-order chi connectivity index (χ0) is 25.4. The summed E-state index contributed by atoms with van der Waals surface area (Å²) in [6, 6.07) is 23.3. The maximum absolute atomic E-state index is 11.6. The molecule has 0 radical (unpaired) electrons. The van der Waals surface area contributed by atoms with Gasteiger partial charge in [-0.15, -0.1) is 0 Å². The number of hydrogen-bond acceptors (Lipinski definition) is 4. The van der Waals surface area contributed by atoms with Gasteiger partial charge in [-0.05, 0) is 46.5 Å². The molecule has 0 atom stereocenters. The van der Waals surface area contributed by atoms with Gasteiger partial charge >= 0.3 is 0 Å². The number of anilines is 2. The van der Waals surface area contributed by atoms with Crippen LogP contribution in [0, 0.1) is 0 Å². The van der Waals surface area contributed by atoms with Crippen molar-refractivity contribution in [3.8, 4) is 0 Å². The second-order valence-corrected chi connectivity index (χ2v) is 13.2. The SMILES string of the molecule is CC(C)(c1ccc(NS(C)(=O)=O)cc1)c1ccc(C(C)(C)c2cccc(NS(C)(=O)=O)c2)cc1. The van der Waals surface area contributed by atoms with Crippen LogP contribution in [0.15, 0.2) is 72.8 Å². The topological polar surface area (TPSA) is 92.3 Å². The van der Waals surface area contributed by atoms with E-state index in [2.05, 4.69) is 61.4 Å². The molecule has 0 fully saturated rings. The van der Waals surface area contributed by atoms with Crippen LogP contribution < -0.4 is 9.44 Å². The Kier molecular flexibility index (Phi) is 6.88. The second-order valence-electron chi connectivity index (χ2n) is 9.73. The molecule has 6 nitrogen and oxygen atoms in total. The first-order chi connectivity index (χ1) is 15.6. The van der Waals surface area contributed by atoms with Crippen LogP contribution in [0.4, 0.5) is 11.4 Å². The fourth-order valence-corrected chi connectivity index (χ4v) is 5.11. The Bertz CT molecular complexity index is 1380. The van der Waals surface area contributed by atoms with E-state index >= 15 is 0 Å². The van der Waals surface area contributed by atoms with E-state index in [4.69, 9.17) is 0 Å². The molecule has 0 heterocycles. The fourth-order valence-electron chi connectivity index (χ4n) is 3.99. The Labute approximate surface area is 203 Å². The largest absolute Gasteiger partial charge is 0.284 e. The quantitative estimate of drug-likeness (QED) is 0.451. The van der Waals surface area contributed by atoms with Crippen LogP contribution in [-0.2, 0) is 30.9 Å². The molecule has 0 aromatic heterocycles. The Balaban J connectivity index is 1.87. The van der Waals surface area contributed by atoms with Gasteiger partial charge in [-0.2, -0.15) is 0 Å². The summed E-state index contributed by atoms with van der Waals surface area (Å²) in [4.78, 5) is 0. The Morgan fingerprint density at radius 3 is 1.35 bits per heavy atom. The maximum atomic E-state index is 11.6. The van der Waals surface area contributed by atoms with Gasteiger partial charge in [0.05, 0.1) is 12.5 Å². The van der Waals surface area contributed by atoms with Crippen molar-refractivity contribution in [3.05, 3.63) is 95.1 Å². The van der Waals surface area contributed by atoms with Gasteiger partial charge in [-0.1, -0.05) is 76.2 Å². The van der Waals surface area contributed by atoms with E-state index in [0.29, 0.717) is 11.4 Å². The summed E-state index contributed by atoms with van der Waals surface area (Å²) >= 11 is 0. The third kappa shape index (κ3) is 6.18. The van der Waals surface area contributed by atoms with Gasteiger partial charge in [-0.25, -0.2) is 16.8 Å². The van der Waals surface area contributed by atoms with Crippen molar-refractivity contribution in [1.29, 1.82) is 0 Å². The molecule has 0 aliphatic rings. The Morgan fingerprint density at radius 1 is 0.529 bits per heavy atom. The Morgan fingerprint density at radius 2 is 0.912 bits per heavy atom. The van der Waals surface area contributed by atoms with Crippen molar-refractivity contribution >= 4 is 31.4 Å². The van der Waals surface area contributed by atoms with Crippen molar-refractivity contribution in [3.63, 3.8) is 0 Å². The van der Waals surface area contributed by atoms with Crippen LogP contribution in [-0.4, -0.2) is 29.3 Å². The van der Waals surface area contributed by atoms with Crippen LogP contribution in [0.25, 0.3) is 0 Å². The maximum Gasteiger partial charge on any atom is 0.229 e. The van der Waals surface area contributed by atoms with Gasteiger partial charge in [0.1, 0.15) is 0 Å². The van der Waals surface area contributed by atoms with E-state index in [-0.39, 0.29) is 10.8 Å². The zero-order valence-corrected chi connectivity index (χ0v) is 22.0. The lowest BCUT2D eigenvalue weighted by atomic mass is 9.74. The van der Waals surface area contributed by atoms with Crippen LogP contribution in [0.5, 0.6) is 0 Å². The molecule has 0 bridgehead atoms. The van der Waals surface area contributed by atoms with Gasteiger partial charge < -0.3 is 0 Å². The van der Waals surface area contributed by atoms with Crippen molar-refractivity contribution < 1.29 is 16.8 Å². The summed E-state index contributed by atoms with van der Waals surface area (Å²) in [5.41, 5.74) is 4.76. The monoisotopic (exact) mass is 500 g/mol. The highest BCUT2D eigenvalue weighted by Gasteiger charge is 2.27. The number of nitrogens with one attached hydrogen (secondary N) is 2. The van der Waals surface area contributed by atoms with Gasteiger partial charge in [0.2, 0.25) is 20.0 Å². The van der Waals surface area contributed by atoms with E-state index in [9.17, 15) is 16.8 Å². The fraction of sp³-hybridized carbons (Fsp3) is 0.308. The molecule has 0 unspecified atom stereocenters. The lowest BCUT2D eigenvalue weighted by Crippen LogP contribution is -2.22. The Hall–Kier alpha value is -2.84. The van der Waals surface area contributed by atoms with Gasteiger partial charge in [0.15, 0.2) is 0 Å². The van der Waals surface area contributed by atoms with Crippen molar-refractivity contribution in [2.24, 2.45) is 0 Å². The third-order valence-corrected chi connectivity index (χ3v) is 7.34. The molecule has 3 aromatic carbocycles. The highest BCUT2D eigenvalue weighted by atomic mass is 32.2. The molecule has 0 amide bonds. The summed E-state index contributed by atoms with van der Waals surface area (Å²) in [6.07, 6.45) is 2.27. The molecule has 182 valence electrons. The molecule has 0 aliphatic heterocycles. The van der Waals surface area contributed by atoms with E-state index in [1.165, 1.54) is 0 Å². The minimum Gasteiger partial charge on any atom is -0.284 e. The second kappa shape index (κ2) is 9.07. The van der Waals surface area contributed by atoms with Gasteiger partial charge in [0, 0.05) is 22.2 Å². The first-order valence-corrected chi connectivity index (χ1v) is 14.6. The number of sulfonamides is 2.